The van der Waals surface area contributed by atoms with E-state index < -0.39 is 11.1 Å². The summed E-state index contributed by atoms with van der Waals surface area (Å²) in [4.78, 5) is 2.67. The summed E-state index contributed by atoms with van der Waals surface area (Å²) in [6, 6.07) is 17.4. The van der Waals surface area contributed by atoms with Crippen LogP contribution in [0.4, 0.5) is 5.69 Å². The van der Waals surface area contributed by atoms with Crippen LogP contribution in [0.3, 0.4) is 0 Å². The highest BCUT2D eigenvalue weighted by Crippen LogP contribution is 2.17. The minimum Gasteiger partial charge on any atom is -0.367 e. The molecule has 2 aromatic rings. The van der Waals surface area contributed by atoms with Gasteiger partial charge in [-0.05, 0) is 36.8 Å². The third-order valence-corrected chi connectivity index (χ3v) is 3.63. The SMILES string of the molecule is CCN(Cc1cccc(S(=O)O)c1)c1ccccc1. The molecule has 0 radical (unpaired) electrons. The maximum Gasteiger partial charge on any atom is 0.186 e. The standard InChI is InChI=1S/C15H17NO2S/c1-2-16(14-8-4-3-5-9-14)12-13-7-6-10-15(11-13)19(17)18/h3-11H,2,12H2,1H3,(H,17,18). The molecular formula is C15H17NO2S. The summed E-state index contributed by atoms with van der Waals surface area (Å²) in [5.41, 5.74) is 2.19. The van der Waals surface area contributed by atoms with Gasteiger partial charge in [0.05, 0.1) is 4.90 Å². The first-order chi connectivity index (χ1) is 9.20. The van der Waals surface area contributed by atoms with Crippen molar-refractivity contribution in [3.63, 3.8) is 0 Å². The van der Waals surface area contributed by atoms with E-state index in [0.717, 1.165) is 24.3 Å². The fourth-order valence-electron chi connectivity index (χ4n) is 2.00. The molecule has 100 valence electrons. The number of hydrogen-bond acceptors (Lipinski definition) is 2. The van der Waals surface area contributed by atoms with Crippen LogP contribution < -0.4 is 4.90 Å². The van der Waals surface area contributed by atoms with Gasteiger partial charge in [0.25, 0.3) is 0 Å². The van der Waals surface area contributed by atoms with Gasteiger partial charge in [-0.2, -0.15) is 0 Å². The van der Waals surface area contributed by atoms with Gasteiger partial charge in [0.1, 0.15) is 0 Å². The number of anilines is 1. The van der Waals surface area contributed by atoms with Crippen LogP contribution in [-0.4, -0.2) is 15.3 Å². The molecule has 2 rings (SSSR count). The zero-order valence-corrected chi connectivity index (χ0v) is 11.6. The normalized spacial score (nSPS) is 12.1. The van der Waals surface area contributed by atoms with Crippen LogP contribution in [0.2, 0.25) is 0 Å². The van der Waals surface area contributed by atoms with Crippen molar-refractivity contribution in [1.29, 1.82) is 0 Å². The second-order valence-corrected chi connectivity index (χ2v) is 5.22. The summed E-state index contributed by atoms with van der Waals surface area (Å²) in [5, 5.41) is 0. The Labute approximate surface area is 116 Å². The zero-order chi connectivity index (χ0) is 13.7. The smallest absolute Gasteiger partial charge is 0.186 e. The van der Waals surface area contributed by atoms with Crippen molar-refractivity contribution in [3.05, 3.63) is 60.2 Å². The maximum atomic E-state index is 11.1. The summed E-state index contributed by atoms with van der Waals surface area (Å²) < 4.78 is 20.2. The van der Waals surface area contributed by atoms with Crippen molar-refractivity contribution >= 4 is 16.8 Å². The van der Waals surface area contributed by atoms with E-state index in [4.69, 9.17) is 4.55 Å². The van der Waals surface area contributed by atoms with E-state index in [0.29, 0.717) is 4.90 Å². The Hall–Kier alpha value is -1.65. The molecule has 0 heterocycles. The molecule has 1 N–H and O–H groups in total. The fourth-order valence-corrected chi connectivity index (χ4v) is 2.44. The van der Waals surface area contributed by atoms with Crippen LogP contribution in [0.25, 0.3) is 0 Å². The quantitative estimate of drug-likeness (QED) is 0.851. The van der Waals surface area contributed by atoms with E-state index in [2.05, 4.69) is 24.0 Å². The molecule has 19 heavy (non-hydrogen) atoms. The van der Waals surface area contributed by atoms with Gasteiger partial charge < -0.3 is 9.45 Å². The van der Waals surface area contributed by atoms with Crippen molar-refractivity contribution in [2.24, 2.45) is 0 Å². The summed E-state index contributed by atoms with van der Waals surface area (Å²) in [5.74, 6) is 0. The molecule has 0 fully saturated rings. The highest BCUT2D eigenvalue weighted by molar-refractivity contribution is 7.79. The molecule has 0 saturated heterocycles. The van der Waals surface area contributed by atoms with Gasteiger partial charge in [-0.15, -0.1) is 0 Å². The third-order valence-electron chi connectivity index (χ3n) is 2.98. The maximum absolute atomic E-state index is 11.1. The number of para-hydroxylation sites is 1. The molecule has 0 amide bonds. The van der Waals surface area contributed by atoms with Crippen molar-refractivity contribution < 1.29 is 8.76 Å². The molecule has 1 unspecified atom stereocenters. The minimum absolute atomic E-state index is 0.446. The summed E-state index contributed by atoms with van der Waals surface area (Å²) in [6.07, 6.45) is 0. The molecule has 0 spiro atoms. The first-order valence-electron chi connectivity index (χ1n) is 6.20. The van der Waals surface area contributed by atoms with E-state index >= 15 is 0 Å². The molecule has 0 aliphatic rings. The van der Waals surface area contributed by atoms with E-state index in [1.165, 1.54) is 0 Å². The first-order valence-corrected chi connectivity index (χ1v) is 7.31. The predicted octanol–water partition coefficient (Wildman–Crippen LogP) is 3.29. The topological polar surface area (TPSA) is 40.5 Å². The van der Waals surface area contributed by atoms with Crippen LogP contribution in [0.1, 0.15) is 12.5 Å². The average molecular weight is 275 g/mol. The van der Waals surface area contributed by atoms with Gasteiger partial charge in [0.2, 0.25) is 0 Å². The molecule has 4 heteroatoms. The lowest BCUT2D eigenvalue weighted by Crippen LogP contribution is -2.21. The average Bonchev–Trinajstić information content (AvgIpc) is 2.46. The Kier molecular flexibility index (Phi) is 4.71. The number of hydrogen-bond donors (Lipinski definition) is 1. The molecule has 0 aliphatic heterocycles. The molecule has 0 saturated carbocycles. The predicted molar refractivity (Wildman–Crippen MR) is 78.6 cm³/mol. The largest absolute Gasteiger partial charge is 0.367 e. The number of rotatable bonds is 5. The van der Waals surface area contributed by atoms with E-state index in [-0.39, 0.29) is 0 Å². The van der Waals surface area contributed by atoms with Gasteiger partial charge in [0, 0.05) is 18.8 Å². The number of benzene rings is 2. The van der Waals surface area contributed by atoms with Gasteiger partial charge in [-0.1, -0.05) is 30.3 Å². The van der Waals surface area contributed by atoms with Crippen LogP contribution in [-0.2, 0) is 17.6 Å². The van der Waals surface area contributed by atoms with E-state index in [1.807, 2.05) is 30.3 Å². The molecule has 0 aliphatic carbocycles. The Morgan fingerprint density at radius 3 is 2.47 bits per heavy atom. The van der Waals surface area contributed by atoms with Crippen molar-refractivity contribution in [2.75, 3.05) is 11.4 Å². The second-order valence-electron chi connectivity index (χ2n) is 4.25. The molecule has 2 aromatic carbocycles. The molecule has 0 aromatic heterocycles. The van der Waals surface area contributed by atoms with Crippen LogP contribution in [0, 0.1) is 0 Å². The second kappa shape index (κ2) is 6.50. The minimum atomic E-state index is -1.92. The molecule has 3 nitrogen and oxygen atoms in total. The van der Waals surface area contributed by atoms with Crippen molar-refractivity contribution in [2.45, 2.75) is 18.4 Å². The van der Waals surface area contributed by atoms with Crippen LogP contribution >= 0.6 is 0 Å². The lowest BCUT2D eigenvalue weighted by molar-refractivity contribution is 0.564. The Bertz CT molecular complexity index is 557. The third kappa shape index (κ3) is 3.66. The Morgan fingerprint density at radius 2 is 1.84 bits per heavy atom. The summed E-state index contributed by atoms with van der Waals surface area (Å²) in [7, 11) is 0. The lowest BCUT2D eigenvalue weighted by atomic mass is 10.2. The Balaban J connectivity index is 2.19. The molecular weight excluding hydrogens is 258 g/mol. The molecule has 0 bridgehead atoms. The summed E-state index contributed by atoms with van der Waals surface area (Å²) >= 11 is -1.92. The van der Waals surface area contributed by atoms with Crippen molar-refractivity contribution in [1.82, 2.24) is 0 Å². The Morgan fingerprint density at radius 1 is 1.11 bits per heavy atom. The van der Waals surface area contributed by atoms with Gasteiger partial charge in [0.15, 0.2) is 11.1 Å². The summed E-state index contributed by atoms with van der Waals surface area (Å²) in [6.45, 7) is 3.71. The van der Waals surface area contributed by atoms with Crippen LogP contribution in [0.5, 0.6) is 0 Å². The van der Waals surface area contributed by atoms with E-state index in [9.17, 15) is 4.21 Å². The van der Waals surface area contributed by atoms with Gasteiger partial charge in [-0.3, -0.25) is 0 Å². The van der Waals surface area contributed by atoms with Gasteiger partial charge in [-0.25, -0.2) is 4.21 Å². The monoisotopic (exact) mass is 275 g/mol. The lowest BCUT2D eigenvalue weighted by Gasteiger charge is -2.23. The van der Waals surface area contributed by atoms with Crippen LogP contribution in [0.15, 0.2) is 59.5 Å². The highest BCUT2D eigenvalue weighted by atomic mass is 32.2. The zero-order valence-electron chi connectivity index (χ0n) is 10.8. The van der Waals surface area contributed by atoms with Gasteiger partial charge >= 0.3 is 0 Å². The molecule has 1 atom stereocenters. The highest BCUT2D eigenvalue weighted by Gasteiger charge is 2.06. The fraction of sp³-hybridized carbons (Fsp3) is 0.200. The first kappa shape index (κ1) is 13.8. The van der Waals surface area contributed by atoms with Crippen molar-refractivity contribution in [3.8, 4) is 0 Å². The number of nitrogens with zero attached hydrogens (tertiary/aromatic N) is 1. The van der Waals surface area contributed by atoms with E-state index in [1.54, 1.807) is 12.1 Å².